The maximum Gasteiger partial charge on any atom is 0.237 e. The molecule has 3 aromatic rings. The molecule has 0 atom stereocenters. The van der Waals surface area contributed by atoms with Crippen LogP contribution >= 0.6 is 23.1 Å². The van der Waals surface area contributed by atoms with E-state index in [-0.39, 0.29) is 5.82 Å². The van der Waals surface area contributed by atoms with Crippen LogP contribution in [0.3, 0.4) is 0 Å². The van der Waals surface area contributed by atoms with Gasteiger partial charge in [0, 0.05) is 17.4 Å². The molecular formula is C16H16FN3OS2. The zero-order valence-electron chi connectivity index (χ0n) is 12.7. The van der Waals surface area contributed by atoms with Crippen LogP contribution in [0.4, 0.5) is 4.39 Å². The number of halogens is 1. The van der Waals surface area contributed by atoms with Gasteiger partial charge in [-0.2, -0.15) is 4.98 Å². The predicted octanol–water partition coefficient (Wildman–Crippen LogP) is 4.97. The van der Waals surface area contributed by atoms with E-state index < -0.39 is 0 Å². The normalized spacial score (nSPS) is 11.0. The SMILES string of the molecule is CCCCc1noc(CSc2nc(-c3ccc(F)cc3)cs2)n1. The van der Waals surface area contributed by atoms with Gasteiger partial charge in [0.1, 0.15) is 5.82 Å². The molecule has 0 saturated carbocycles. The highest BCUT2D eigenvalue weighted by Crippen LogP contribution is 2.30. The molecule has 4 nitrogen and oxygen atoms in total. The molecule has 0 fully saturated rings. The monoisotopic (exact) mass is 349 g/mol. The average molecular weight is 349 g/mol. The van der Waals surface area contributed by atoms with Crippen molar-refractivity contribution in [3.63, 3.8) is 0 Å². The van der Waals surface area contributed by atoms with Crippen LogP contribution in [0.15, 0.2) is 38.5 Å². The van der Waals surface area contributed by atoms with Crippen molar-refractivity contribution < 1.29 is 8.91 Å². The maximum absolute atomic E-state index is 13.0. The molecule has 2 aromatic heterocycles. The Bertz CT molecular complexity index is 755. The minimum Gasteiger partial charge on any atom is -0.338 e. The molecule has 2 heterocycles. The van der Waals surface area contributed by atoms with Gasteiger partial charge in [0.15, 0.2) is 10.2 Å². The first-order valence-electron chi connectivity index (χ1n) is 7.40. The summed E-state index contributed by atoms with van der Waals surface area (Å²) in [7, 11) is 0. The summed E-state index contributed by atoms with van der Waals surface area (Å²) in [4.78, 5) is 8.92. The van der Waals surface area contributed by atoms with Crippen LogP contribution in [0.5, 0.6) is 0 Å². The molecule has 0 radical (unpaired) electrons. The Morgan fingerprint density at radius 2 is 2.04 bits per heavy atom. The Kier molecular flexibility index (Phi) is 5.40. The number of aromatic nitrogens is 3. The molecule has 1 aromatic carbocycles. The lowest BCUT2D eigenvalue weighted by molar-refractivity contribution is 0.384. The first-order chi connectivity index (χ1) is 11.2. The average Bonchev–Trinajstić information content (AvgIpc) is 3.21. The fraction of sp³-hybridized carbons (Fsp3) is 0.312. The number of nitrogens with zero attached hydrogens (tertiary/aromatic N) is 3. The number of aryl methyl sites for hydroxylation is 1. The summed E-state index contributed by atoms with van der Waals surface area (Å²) in [5.74, 6) is 1.76. The Balaban J connectivity index is 1.58. The second-order valence-corrected chi connectivity index (χ2v) is 7.08. The number of rotatable bonds is 7. The lowest BCUT2D eigenvalue weighted by Crippen LogP contribution is -1.88. The summed E-state index contributed by atoms with van der Waals surface area (Å²) >= 11 is 3.12. The highest BCUT2D eigenvalue weighted by atomic mass is 32.2. The molecule has 0 aliphatic rings. The van der Waals surface area contributed by atoms with Crippen LogP contribution < -0.4 is 0 Å². The van der Waals surface area contributed by atoms with E-state index in [2.05, 4.69) is 22.0 Å². The minimum atomic E-state index is -0.242. The van der Waals surface area contributed by atoms with Crippen molar-refractivity contribution in [2.45, 2.75) is 36.3 Å². The Morgan fingerprint density at radius 3 is 2.83 bits per heavy atom. The molecule has 0 unspecified atom stereocenters. The lowest BCUT2D eigenvalue weighted by Gasteiger charge is -1.95. The fourth-order valence-corrected chi connectivity index (χ4v) is 3.66. The Hall–Kier alpha value is -1.73. The van der Waals surface area contributed by atoms with Crippen LogP contribution in [0.1, 0.15) is 31.5 Å². The number of thioether (sulfide) groups is 1. The van der Waals surface area contributed by atoms with Gasteiger partial charge in [-0.1, -0.05) is 30.3 Å². The summed E-state index contributed by atoms with van der Waals surface area (Å²) in [5.41, 5.74) is 1.76. The Morgan fingerprint density at radius 1 is 1.22 bits per heavy atom. The number of benzene rings is 1. The predicted molar refractivity (Wildman–Crippen MR) is 90.0 cm³/mol. The third-order valence-corrected chi connectivity index (χ3v) is 5.21. The summed E-state index contributed by atoms with van der Waals surface area (Å²) in [5, 5.41) is 5.94. The second kappa shape index (κ2) is 7.70. The van der Waals surface area contributed by atoms with Gasteiger partial charge in [-0.15, -0.1) is 11.3 Å². The molecule has 7 heteroatoms. The summed E-state index contributed by atoms with van der Waals surface area (Å²) in [6, 6.07) is 6.35. The van der Waals surface area contributed by atoms with E-state index in [1.807, 2.05) is 5.38 Å². The summed E-state index contributed by atoms with van der Waals surface area (Å²) in [6.45, 7) is 2.14. The van der Waals surface area contributed by atoms with E-state index in [0.717, 1.165) is 40.7 Å². The number of hydrogen-bond acceptors (Lipinski definition) is 6. The first-order valence-corrected chi connectivity index (χ1v) is 9.27. The third-order valence-electron chi connectivity index (χ3n) is 3.21. The fourth-order valence-electron chi connectivity index (χ4n) is 1.99. The minimum absolute atomic E-state index is 0.242. The van der Waals surface area contributed by atoms with E-state index >= 15 is 0 Å². The zero-order chi connectivity index (χ0) is 16.1. The smallest absolute Gasteiger partial charge is 0.237 e. The van der Waals surface area contributed by atoms with Crippen molar-refractivity contribution in [3.8, 4) is 11.3 Å². The van der Waals surface area contributed by atoms with Crippen molar-refractivity contribution in [2.75, 3.05) is 0 Å². The third kappa shape index (κ3) is 4.39. The van der Waals surface area contributed by atoms with Crippen LogP contribution in [-0.4, -0.2) is 15.1 Å². The van der Waals surface area contributed by atoms with Crippen LogP contribution in [0.25, 0.3) is 11.3 Å². The van der Waals surface area contributed by atoms with Crippen LogP contribution in [-0.2, 0) is 12.2 Å². The zero-order valence-corrected chi connectivity index (χ0v) is 14.3. The standard InChI is InChI=1S/C16H16FN3OS2/c1-2-3-4-14-19-15(21-20-14)10-23-16-18-13(9-22-16)11-5-7-12(17)8-6-11/h5-9H,2-4,10H2,1H3. The van der Waals surface area contributed by atoms with Crippen molar-refractivity contribution in [2.24, 2.45) is 0 Å². The van der Waals surface area contributed by atoms with E-state index in [1.165, 1.54) is 12.1 Å². The lowest BCUT2D eigenvalue weighted by atomic mass is 10.2. The van der Waals surface area contributed by atoms with Gasteiger partial charge in [0.05, 0.1) is 11.4 Å². The van der Waals surface area contributed by atoms with E-state index in [4.69, 9.17) is 4.52 Å². The van der Waals surface area contributed by atoms with Gasteiger partial charge in [-0.3, -0.25) is 0 Å². The molecule has 0 N–H and O–H groups in total. The van der Waals surface area contributed by atoms with Crippen LogP contribution in [0.2, 0.25) is 0 Å². The second-order valence-electron chi connectivity index (χ2n) is 5.00. The molecule has 0 amide bonds. The van der Waals surface area contributed by atoms with Gasteiger partial charge >= 0.3 is 0 Å². The van der Waals surface area contributed by atoms with Crippen molar-refractivity contribution in [1.82, 2.24) is 15.1 Å². The molecule has 0 aliphatic heterocycles. The molecular weight excluding hydrogens is 333 g/mol. The Labute approximate surface area is 142 Å². The highest BCUT2D eigenvalue weighted by molar-refractivity contribution is 8.00. The van der Waals surface area contributed by atoms with Gasteiger partial charge in [0.25, 0.3) is 0 Å². The van der Waals surface area contributed by atoms with Gasteiger partial charge in [-0.05, 0) is 30.7 Å². The van der Waals surface area contributed by atoms with E-state index in [1.54, 1.807) is 35.2 Å². The molecule has 23 heavy (non-hydrogen) atoms. The van der Waals surface area contributed by atoms with Gasteiger partial charge in [0.2, 0.25) is 5.89 Å². The van der Waals surface area contributed by atoms with Crippen molar-refractivity contribution in [1.29, 1.82) is 0 Å². The van der Waals surface area contributed by atoms with E-state index in [0.29, 0.717) is 11.6 Å². The topological polar surface area (TPSA) is 51.8 Å². The number of thiazole rings is 1. The van der Waals surface area contributed by atoms with Crippen molar-refractivity contribution in [3.05, 3.63) is 47.2 Å². The number of hydrogen-bond donors (Lipinski definition) is 0. The van der Waals surface area contributed by atoms with E-state index in [9.17, 15) is 4.39 Å². The summed E-state index contributed by atoms with van der Waals surface area (Å²) in [6.07, 6.45) is 3.04. The van der Waals surface area contributed by atoms with Gasteiger partial charge < -0.3 is 4.52 Å². The molecule has 120 valence electrons. The molecule has 0 bridgehead atoms. The maximum atomic E-state index is 13.0. The quantitative estimate of drug-likeness (QED) is 0.564. The molecule has 3 rings (SSSR count). The van der Waals surface area contributed by atoms with Crippen molar-refractivity contribution >= 4 is 23.1 Å². The molecule has 0 saturated heterocycles. The summed E-state index contributed by atoms with van der Waals surface area (Å²) < 4.78 is 19.1. The largest absolute Gasteiger partial charge is 0.338 e. The first kappa shape index (κ1) is 16.1. The molecule has 0 spiro atoms. The van der Waals surface area contributed by atoms with Gasteiger partial charge in [-0.25, -0.2) is 9.37 Å². The highest BCUT2D eigenvalue weighted by Gasteiger charge is 2.09. The molecule has 0 aliphatic carbocycles. The number of unbranched alkanes of at least 4 members (excludes halogenated alkanes) is 1. The van der Waals surface area contributed by atoms with Crippen LogP contribution in [0, 0.1) is 5.82 Å².